The standard InChI is InChI=1S/C23H17ClN6O/c1-13-18-19(15-8-10-16(24)11-9-15)20-21-26-14(2)28-29(21)12-25-22(20)31-23(18)30(27-13)17-6-4-3-5-7-17/h3-12,19H,1-2H3. The van der Waals surface area contributed by atoms with Crippen LogP contribution in [-0.2, 0) is 0 Å². The molecule has 0 fully saturated rings. The van der Waals surface area contributed by atoms with Gasteiger partial charge in [-0.3, -0.25) is 0 Å². The smallest absolute Gasteiger partial charge is 0.230 e. The van der Waals surface area contributed by atoms with Gasteiger partial charge in [0.1, 0.15) is 12.2 Å². The van der Waals surface area contributed by atoms with Gasteiger partial charge in [0.15, 0.2) is 5.65 Å². The molecule has 8 heteroatoms. The molecule has 0 saturated carbocycles. The van der Waals surface area contributed by atoms with E-state index in [0.29, 0.717) is 22.6 Å². The number of fused-ring (bicyclic) bond motifs is 4. The molecule has 3 aromatic heterocycles. The van der Waals surface area contributed by atoms with Crippen molar-refractivity contribution in [1.82, 2.24) is 29.4 Å². The first-order valence-electron chi connectivity index (χ1n) is 9.90. The van der Waals surface area contributed by atoms with Gasteiger partial charge in [-0.15, -0.1) is 0 Å². The highest BCUT2D eigenvalue weighted by Crippen LogP contribution is 2.49. The summed E-state index contributed by atoms with van der Waals surface area (Å²) in [7, 11) is 0. The lowest BCUT2D eigenvalue weighted by Crippen LogP contribution is -2.16. The van der Waals surface area contributed by atoms with Crippen molar-refractivity contribution in [3.05, 3.63) is 94.2 Å². The van der Waals surface area contributed by atoms with Crippen LogP contribution in [0.3, 0.4) is 0 Å². The number of hydrogen-bond donors (Lipinski definition) is 0. The van der Waals surface area contributed by atoms with E-state index in [0.717, 1.165) is 33.7 Å². The summed E-state index contributed by atoms with van der Waals surface area (Å²) in [6.45, 7) is 3.86. The minimum absolute atomic E-state index is 0.173. The summed E-state index contributed by atoms with van der Waals surface area (Å²) in [6, 6.07) is 17.8. The minimum Gasteiger partial charge on any atom is -0.420 e. The molecule has 0 radical (unpaired) electrons. The highest BCUT2D eigenvalue weighted by Gasteiger charge is 2.37. The predicted molar refractivity (Wildman–Crippen MR) is 116 cm³/mol. The van der Waals surface area contributed by atoms with E-state index in [1.165, 1.54) is 0 Å². The minimum atomic E-state index is -0.173. The van der Waals surface area contributed by atoms with Gasteiger partial charge in [0, 0.05) is 5.02 Å². The Morgan fingerprint density at radius 3 is 2.48 bits per heavy atom. The Labute approximate surface area is 182 Å². The van der Waals surface area contributed by atoms with Crippen molar-refractivity contribution in [2.24, 2.45) is 0 Å². The summed E-state index contributed by atoms with van der Waals surface area (Å²) < 4.78 is 9.89. The van der Waals surface area contributed by atoms with Crippen LogP contribution in [0.1, 0.15) is 34.1 Å². The Bertz CT molecular complexity index is 1440. The van der Waals surface area contributed by atoms with E-state index < -0.39 is 0 Å². The predicted octanol–water partition coefficient (Wildman–Crippen LogP) is 4.87. The fourth-order valence-corrected chi connectivity index (χ4v) is 4.34. The molecule has 2 aromatic carbocycles. The van der Waals surface area contributed by atoms with Gasteiger partial charge in [0.2, 0.25) is 11.8 Å². The maximum atomic E-state index is 6.36. The molecule has 7 nitrogen and oxygen atoms in total. The van der Waals surface area contributed by atoms with Crippen molar-refractivity contribution in [2.45, 2.75) is 19.8 Å². The summed E-state index contributed by atoms with van der Waals surface area (Å²) in [5.74, 6) is 1.66. The number of aryl methyl sites for hydroxylation is 2. The first-order valence-corrected chi connectivity index (χ1v) is 10.3. The number of para-hydroxylation sites is 1. The van der Waals surface area contributed by atoms with Crippen LogP contribution < -0.4 is 4.74 Å². The molecule has 1 atom stereocenters. The number of ether oxygens (including phenoxy) is 1. The monoisotopic (exact) mass is 428 g/mol. The van der Waals surface area contributed by atoms with Crippen LogP contribution in [-0.4, -0.2) is 29.4 Å². The van der Waals surface area contributed by atoms with Gasteiger partial charge in [-0.25, -0.2) is 19.2 Å². The number of halogens is 1. The number of hydrogen-bond acceptors (Lipinski definition) is 5. The van der Waals surface area contributed by atoms with Crippen molar-refractivity contribution < 1.29 is 4.74 Å². The zero-order chi connectivity index (χ0) is 21.1. The fourth-order valence-electron chi connectivity index (χ4n) is 4.22. The van der Waals surface area contributed by atoms with Crippen molar-refractivity contribution >= 4 is 17.2 Å². The van der Waals surface area contributed by atoms with E-state index in [9.17, 15) is 0 Å². The first kappa shape index (κ1) is 18.1. The van der Waals surface area contributed by atoms with E-state index in [1.54, 1.807) is 10.8 Å². The summed E-state index contributed by atoms with van der Waals surface area (Å²) >= 11 is 6.18. The van der Waals surface area contributed by atoms with Gasteiger partial charge in [-0.05, 0) is 43.7 Å². The molecular formula is C23H17ClN6O. The molecule has 0 spiro atoms. The molecule has 1 aliphatic heterocycles. The van der Waals surface area contributed by atoms with E-state index in [1.807, 2.05) is 73.1 Å². The van der Waals surface area contributed by atoms with Crippen LogP contribution in [0.2, 0.25) is 5.02 Å². The summed E-state index contributed by atoms with van der Waals surface area (Å²) in [5.41, 5.74) is 5.43. The lowest BCUT2D eigenvalue weighted by atomic mass is 9.84. The van der Waals surface area contributed by atoms with Gasteiger partial charge in [0.05, 0.1) is 28.4 Å². The molecule has 152 valence electrons. The van der Waals surface area contributed by atoms with E-state index >= 15 is 0 Å². The average Bonchev–Trinajstić information content (AvgIpc) is 3.33. The van der Waals surface area contributed by atoms with Gasteiger partial charge in [0.25, 0.3) is 0 Å². The second-order valence-electron chi connectivity index (χ2n) is 7.53. The Hall–Kier alpha value is -3.71. The van der Waals surface area contributed by atoms with Crippen LogP contribution in [0.5, 0.6) is 11.8 Å². The molecule has 1 unspecified atom stereocenters. The average molecular weight is 429 g/mol. The molecule has 31 heavy (non-hydrogen) atoms. The van der Waals surface area contributed by atoms with Crippen LogP contribution in [0.15, 0.2) is 60.9 Å². The summed E-state index contributed by atoms with van der Waals surface area (Å²) in [4.78, 5) is 9.23. The Balaban J connectivity index is 1.67. The Morgan fingerprint density at radius 1 is 0.935 bits per heavy atom. The second-order valence-corrected chi connectivity index (χ2v) is 7.97. The molecular weight excluding hydrogens is 412 g/mol. The van der Waals surface area contributed by atoms with Crippen LogP contribution in [0, 0.1) is 13.8 Å². The molecule has 0 bridgehead atoms. The topological polar surface area (TPSA) is 70.1 Å². The maximum Gasteiger partial charge on any atom is 0.230 e. The van der Waals surface area contributed by atoms with Gasteiger partial charge < -0.3 is 4.74 Å². The molecule has 4 heterocycles. The van der Waals surface area contributed by atoms with Crippen molar-refractivity contribution in [3.63, 3.8) is 0 Å². The molecule has 6 rings (SSSR count). The highest BCUT2D eigenvalue weighted by atomic mass is 35.5. The lowest BCUT2D eigenvalue weighted by Gasteiger charge is -2.26. The van der Waals surface area contributed by atoms with Crippen LogP contribution in [0.25, 0.3) is 11.3 Å². The number of aromatic nitrogens is 6. The van der Waals surface area contributed by atoms with Crippen LogP contribution >= 0.6 is 11.6 Å². The molecule has 5 aromatic rings. The van der Waals surface area contributed by atoms with Crippen molar-refractivity contribution in [3.8, 4) is 17.4 Å². The fraction of sp³-hybridized carbons (Fsp3) is 0.130. The molecule has 0 amide bonds. The number of rotatable bonds is 2. The normalized spacial score (nSPS) is 14.9. The number of benzene rings is 2. The van der Waals surface area contributed by atoms with Crippen molar-refractivity contribution in [2.75, 3.05) is 0 Å². The Morgan fingerprint density at radius 2 is 1.71 bits per heavy atom. The Kier molecular flexibility index (Phi) is 3.88. The zero-order valence-electron chi connectivity index (χ0n) is 16.8. The largest absolute Gasteiger partial charge is 0.420 e. The molecule has 1 aliphatic rings. The third kappa shape index (κ3) is 2.74. The third-order valence-electron chi connectivity index (χ3n) is 5.53. The lowest BCUT2D eigenvalue weighted by molar-refractivity contribution is 0.402. The molecule has 0 N–H and O–H groups in total. The van der Waals surface area contributed by atoms with Gasteiger partial charge >= 0.3 is 0 Å². The van der Waals surface area contributed by atoms with E-state index in [2.05, 4.69) is 15.1 Å². The summed E-state index contributed by atoms with van der Waals surface area (Å²) in [6.07, 6.45) is 1.63. The number of nitrogens with zero attached hydrogens (tertiary/aromatic N) is 6. The van der Waals surface area contributed by atoms with Gasteiger partial charge in [-0.1, -0.05) is 41.9 Å². The van der Waals surface area contributed by atoms with Gasteiger partial charge in [-0.2, -0.15) is 10.2 Å². The first-order chi connectivity index (χ1) is 15.1. The highest BCUT2D eigenvalue weighted by molar-refractivity contribution is 6.30. The molecule has 0 saturated heterocycles. The quantitative estimate of drug-likeness (QED) is 0.393. The molecule has 0 aliphatic carbocycles. The van der Waals surface area contributed by atoms with Crippen molar-refractivity contribution in [1.29, 1.82) is 0 Å². The third-order valence-corrected chi connectivity index (χ3v) is 5.78. The van der Waals surface area contributed by atoms with Crippen LogP contribution in [0.4, 0.5) is 0 Å². The summed E-state index contributed by atoms with van der Waals surface area (Å²) in [5, 5.41) is 9.94. The zero-order valence-corrected chi connectivity index (χ0v) is 17.6. The SMILES string of the molecule is Cc1nc2c3c(ncn2n1)Oc1c(c(C)nn1-c1ccccc1)C3c1ccc(Cl)cc1. The van der Waals surface area contributed by atoms with E-state index in [-0.39, 0.29) is 5.92 Å². The second kappa shape index (κ2) is 6.65. The van der Waals surface area contributed by atoms with E-state index in [4.69, 9.17) is 21.4 Å². The maximum absolute atomic E-state index is 6.36.